The van der Waals surface area contributed by atoms with Crippen LogP contribution in [-0.2, 0) is 0 Å². The topological polar surface area (TPSA) is 113 Å². The molecule has 2 N–H and O–H groups in total. The van der Waals surface area contributed by atoms with Gasteiger partial charge in [0.25, 0.3) is 5.56 Å². The van der Waals surface area contributed by atoms with E-state index in [1.54, 1.807) is 25.1 Å². The number of hydrogen-bond acceptors (Lipinski definition) is 7. The Kier molecular flexibility index (Phi) is 5.14. The van der Waals surface area contributed by atoms with Gasteiger partial charge in [0, 0.05) is 17.0 Å². The number of H-pyrrole nitrogens is 1. The molecule has 0 bridgehead atoms. The van der Waals surface area contributed by atoms with Crippen LogP contribution in [0.2, 0.25) is 5.02 Å². The van der Waals surface area contributed by atoms with E-state index in [1.807, 2.05) is 6.07 Å². The Bertz CT molecular complexity index is 1110. The van der Waals surface area contributed by atoms with Crippen LogP contribution in [0.4, 0.5) is 5.95 Å². The number of rotatable bonds is 5. The van der Waals surface area contributed by atoms with E-state index in [4.69, 9.17) is 26.3 Å². The molecule has 0 aliphatic carbocycles. The first-order chi connectivity index (χ1) is 13.0. The first kappa shape index (κ1) is 18.5. The van der Waals surface area contributed by atoms with Gasteiger partial charge in [0.15, 0.2) is 0 Å². The number of nitrogens with one attached hydrogen (secondary N) is 2. The fraction of sp³-hybridized carbons (Fsp3) is 0.222. The van der Waals surface area contributed by atoms with Gasteiger partial charge in [0.05, 0.1) is 37.0 Å². The van der Waals surface area contributed by atoms with Crippen molar-refractivity contribution < 1.29 is 9.47 Å². The second-order valence-electron chi connectivity index (χ2n) is 5.72. The average Bonchev–Trinajstić information content (AvgIpc) is 2.67. The molecular formula is C18H16ClN5O3. The Morgan fingerprint density at radius 1 is 1.30 bits per heavy atom. The third kappa shape index (κ3) is 3.64. The molecule has 0 aliphatic heterocycles. The molecule has 0 saturated heterocycles. The molecule has 0 unspecified atom stereocenters. The number of fused-ring (bicyclic) bond motifs is 1. The summed E-state index contributed by atoms with van der Waals surface area (Å²) in [6.45, 7) is 1.80. The molecule has 3 rings (SSSR count). The van der Waals surface area contributed by atoms with Crippen LogP contribution in [0.25, 0.3) is 10.9 Å². The van der Waals surface area contributed by atoms with Gasteiger partial charge in [-0.2, -0.15) is 10.2 Å². The number of anilines is 1. The lowest BCUT2D eigenvalue weighted by atomic mass is 10.1. The molecule has 8 nitrogen and oxygen atoms in total. The molecule has 3 aromatic rings. The largest absolute Gasteiger partial charge is 0.495 e. The monoisotopic (exact) mass is 385 g/mol. The van der Waals surface area contributed by atoms with Gasteiger partial charge < -0.3 is 19.8 Å². The standard InChI is InChI=1S/C18H16ClN5O3/c1-9(22-18-21-8-11(7-20)17(24-18)27-3)12-4-10-5-13(19)15(26-2)6-14(10)23-16(12)25/h4-6,8-9H,1-3H3,(H,23,25)(H,21,22,24)/t9-/m0/s1. The maximum absolute atomic E-state index is 12.5. The highest BCUT2D eigenvalue weighted by molar-refractivity contribution is 6.32. The molecule has 0 saturated carbocycles. The predicted octanol–water partition coefficient (Wildman–Crippen LogP) is 3.03. The van der Waals surface area contributed by atoms with Crippen molar-refractivity contribution in [3.63, 3.8) is 0 Å². The summed E-state index contributed by atoms with van der Waals surface area (Å²) in [6, 6.07) is 6.69. The van der Waals surface area contributed by atoms with E-state index in [-0.39, 0.29) is 23.0 Å². The first-order valence-corrected chi connectivity index (χ1v) is 8.32. The summed E-state index contributed by atoms with van der Waals surface area (Å²) in [7, 11) is 2.93. The van der Waals surface area contributed by atoms with Crippen molar-refractivity contribution in [2.24, 2.45) is 0 Å². The molecule has 0 amide bonds. The van der Waals surface area contributed by atoms with Crippen molar-refractivity contribution in [2.45, 2.75) is 13.0 Å². The molecule has 0 aliphatic rings. The van der Waals surface area contributed by atoms with Crippen molar-refractivity contribution in [3.8, 4) is 17.7 Å². The highest BCUT2D eigenvalue weighted by atomic mass is 35.5. The van der Waals surface area contributed by atoms with E-state index in [9.17, 15) is 4.79 Å². The Morgan fingerprint density at radius 2 is 2.07 bits per heavy atom. The number of pyridine rings is 1. The van der Waals surface area contributed by atoms with Crippen LogP contribution in [-0.4, -0.2) is 29.2 Å². The average molecular weight is 386 g/mol. The Hall–Kier alpha value is -3.31. The van der Waals surface area contributed by atoms with Gasteiger partial charge in [-0.05, 0) is 19.1 Å². The summed E-state index contributed by atoms with van der Waals surface area (Å²) < 4.78 is 10.2. The van der Waals surface area contributed by atoms with Crippen molar-refractivity contribution >= 4 is 28.5 Å². The number of nitriles is 1. The van der Waals surface area contributed by atoms with E-state index < -0.39 is 6.04 Å². The van der Waals surface area contributed by atoms with E-state index in [2.05, 4.69) is 20.3 Å². The second kappa shape index (κ2) is 7.51. The SMILES string of the molecule is COc1cc2[nH]c(=O)c([C@H](C)Nc3ncc(C#N)c(OC)n3)cc2cc1Cl. The minimum atomic E-state index is -0.406. The van der Waals surface area contributed by atoms with Crippen LogP contribution >= 0.6 is 11.6 Å². The summed E-state index contributed by atoms with van der Waals surface area (Å²) in [6.07, 6.45) is 1.36. The minimum Gasteiger partial charge on any atom is -0.495 e. The number of aromatic amines is 1. The van der Waals surface area contributed by atoms with Crippen LogP contribution in [0.5, 0.6) is 11.6 Å². The maximum atomic E-state index is 12.5. The third-order valence-electron chi connectivity index (χ3n) is 4.03. The Balaban J connectivity index is 1.96. The molecule has 2 heterocycles. The summed E-state index contributed by atoms with van der Waals surface area (Å²) in [4.78, 5) is 23.5. The lowest BCUT2D eigenvalue weighted by Crippen LogP contribution is -2.20. The fourth-order valence-corrected chi connectivity index (χ4v) is 2.89. The number of methoxy groups -OCH3 is 2. The number of halogens is 1. The number of ether oxygens (including phenoxy) is 2. The zero-order valence-electron chi connectivity index (χ0n) is 14.8. The number of benzene rings is 1. The summed E-state index contributed by atoms with van der Waals surface area (Å²) in [5, 5.41) is 13.3. The molecule has 138 valence electrons. The third-order valence-corrected chi connectivity index (χ3v) is 4.32. The van der Waals surface area contributed by atoms with Gasteiger partial charge >= 0.3 is 0 Å². The molecular weight excluding hydrogens is 370 g/mol. The lowest BCUT2D eigenvalue weighted by molar-refractivity contribution is 0.396. The van der Waals surface area contributed by atoms with Crippen molar-refractivity contribution in [1.82, 2.24) is 15.0 Å². The molecule has 0 spiro atoms. The molecule has 0 radical (unpaired) electrons. The summed E-state index contributed by atoms with van der Waals surface area (Å²) in [5.74, 6) is 0.885. The minimum absolute atomic E-state index is 0.161. The summed E-state index contributed by atoms with van der Waals surface area (Å²) in [5.41, 5.74) is 1.07. The molecule has 27 heavy (non-hydrogen) atoms. The maximum Gasteiger partial charge on any atom is 0.253 e. The molecule has 1 atom stereocenters. The van der Waals surface area contributed by atoms with Crippen LogP contribution in [0.15, 0.2) is 29.2 Å². The number of hydrogen-bond donors (Lipinski definition) is 2. The van der Waals surface area contributed by atoms with Gasteiger partial charge in [-0.15, -0.1) is 0 Å². The predicted molar refractivity (Wildman–Crippen MR) is 101 cm³/mol. The van der Waals surface area contributed by atoms with Crippen molar-refractivity contribution in [2.75, 3.05) is 19.5 Å². The van der Waals surface area contributed by atoms with E-state index in [0.717, 1.165) is 5.39 Å². The van der Waals surface area contributed by atoms with Gasteiger partial charge in [0.2, 0.25) is 11.8 Å². The van der Waals surface area contributed by atoms with Crippen molar-refractivity contribution in [3.05, 3.63) is 50.9 Å². The molecule has 9 heteroatoms. The zero-order valence-corrected chi connectivity index (χ0v) is 15.6. The Morgan fingerprint density at radius 3 is 2.74 bits per heavy atom. The first-order valence-electron chi connectivity index (χ1n) is 7.95. The summed E-state index contributed by atoms with van der Waals surface area (Å²) >= 11 is 6.17. The second-order valence-corrected chi connectivity index (χ2v) is 6.13. The van der Waals surface area contributed by atoms with Crippen molar-refractivity contribution in [1.29, 1.82) is 5.26 Å². The normalized spacial score (nSPS) is 11.7. The van der Waals surface area contributed by atoms with E-state index >= 15 is 0 Å². The van der Waals surface area contributed by atoms with Crippen LogP contribution < -0.4 is 20.3 Å². The van der Waals surface area contributed by atoms with E-state index in [0.29, 0.717) is 21.9 Å². The van der Waals surface area contributed by atoms with Gasteiger partial charge in [0.1, 0.15) is 17.4 Å². The van der Waals surface area contributed by atoms with Gasteiger partial charge in [-0.1, -0.05) is 11.6 Å². The highest BCUT2D eigenvalue weighted by Crippen LogP contribution is 2.29. The smallest absolute Gasteiger partial charge is 0.253 e. The quantitative estimate of drug-likeness (QED) is 0.693. The fourth-order valence-electron chi connectivity index (χ4n) is 2.64. The number of aromatic nitrogens is 3. The van der Waals surface area contributed by atoms with E-state index in [1.165, 1.54) is 20.4 Å². The van der Waals surface area contributed by atoms with Crippen LogP contribution in [0.1, 0.15) is 24.1 Å². The highest BCUT2D eigenvalue weighted by Gasteiger charge is 2.15. The molecule has 0 fully saturated rings. The number of nitrogens with zero attached hydrogens (tertiary/aromatic N) is 3. The molecule has 1 aromatic carbocycles. The zero-order chi connectivity index (χ0) is 19.6. The molecule has 2 aromatic heterocycles. The lowest BCUT2D eigenvalue weighted by Gasteiger charge is -2.15. The van der Waals surface area contributed by atoms with Crippen LogP contribution in [0.3, 0.4) is 0 Å². The van der Waals surface area contributed by atoms with Crippen LogP contribution in [0, 0.1) is 11.3 Å². The Labute approximate surface area is 159 Å². The van der Waals surface area contributed by atoms with Gasteiger partial charge in [-0.25, -0.2) is 4.98 Å². The van der Waals surface area contributed by atoms with Gasteiger partial charge in [-0.3, -0.25) is 4.79 Å².